The molecular formula is C36H38N6. The monoisotopic (exact) mass is 554 g/mol. The zero-order valence-corrected chi connectivity index (χ0v) is 24.3. The van der Waals surface area contributed by atoms with E-state index in [4.69, 9.17) is 9.97 Å². The lowest BCUT2D eigenvalue weighted by Crippen LogP contribution is -2.39. The first-order chi connectivity index (χ1) is 20.7. The molecule has 1 atom stereocenters. The van der Waals surface area contributed by atoms with Gasteiger partial charge < -0.3 is 9.13 Å². The standard InChI is InChI=1S/C36H38N6/c1-39(26-35-37-31-18-8-10-20-33(31)41(35)23-28-13-4-2-5-14-28)25-30-17-12-22-40(30)27-36-38-32-19-9-11-21-34(32)42(36)24-29-15-6-3-7-16-29/h2-11,13-16,18-21,30H,12,17,22-27H2,1H3/t30-/m0/s1. The van der Waals surface area contributed by atoms with Crippen LogP contribution in [0.5, 0.6) is 0 Å². The van der Waals surface area contributed by atoms with Gasteiger partial charge in [0.2, 0.25) is 0 Å². The first-order valence-corrected chi connectivity index (χ1v) is 15.1. The van der Waals surface area contributed by atoms with Gasteiger partial charge in [-0.25, -0.2) is 9.97 Å². The van der Waals surface area contributed by atoms with Gasteiger partial charge in [0.25, 0.3) is 0 Å². The highest BCUT2D eigenvalue weighted by Gasteiger charge is 2.28. The average molecular weight is 555 g/mol. The number of nitrogens with zero attached hydrogens (tertiary/aromatic N) is 6. The number of para-hydroxylation sites is 4. The third kappa shape index (κ3) is 5.60. The minimum Gasteiger partial charge on any atom is -0.322 e. The molecule has 0 bridgehead atoms. The highest BCUT2D eigenvalue weighted by Crippen LogP contribution is 2.25. The number of hydrogen-bond acceptors (Lipinski definition) is 4. The summed E-state index contributed by atoms with van der Waals surface area (Å²) in [5.74, 6) is 2.27. The van der Waals surface area contributed by atoms with Crippen molar-refractivity contribution >= 4 is 22.1 Å². The fraction of sp³-hybridized carbons (Fsp3) is 0.278. The fourth-order valence-electron chi connectivity index (χ4n) is 6.53. The van der Waals surface area contributed by atoms with Gasteiger partial charge in [0, 0.05) is 25.7 Å². The van der Waals surface area contributed by atoms with Gasteiger partial charge in [-0.05, 0) is 61.8 Å². The lowest BCUT2D eigenvalue weighted by molar-refractivity contribution is 0.175. The average Bonchev–Trinajstić information content (AvgIpc) is 3.70. The van der Waals surface area contributed by atoms with E-state index in [1.165, 1.54) is 35.0 Å². The largest absolute Gasteiger partial charge is 0.322 e. The maximum absolute atomic E-state index is 5.12. The van der Waals surface area contributed by atoms with Crippen molar-refractivity contribution in [3.05, 3.63) is 132 Å². The number of imidazole rings is 2. The van der Waals surface area contributed by atoms with Crippen LogP contribution in [0.1, 0.15) is 35.6 Å². The van der Waals surface area contributed by atoms with Crippen molar-refractivity contribution in [3.63, 3.8) is 0 Å². The number of likely N-dealkylation sites (N-methyl/N-ethyl adjacent to an activating group) is 1. The molecule has 6 aromatic rings. The van der Waals surface area contributed by atoms with Crippen molar-refractivity contribution in [1.29, 1.82) is 0 Å². The second kappa shape index (κ2) is 11.9. The van der Waals surface area contributed by atoms with Gasteiger partial charge in [-0.2, -0.15) is 0 Å². The normalized spacial score (nSPS) is 15.8. The van der Waals surface area contributed by atoms with Crippen LogP contribution in [0.25, 0.3) is 22.1 Å². The van der Waals surface area contributed by atoms with E-state index in [-0.39, 0.29) is 0 Å². The Labute approximate surface area is 247 Å². The highest BCUT2D eigenvalue weighted by molar-refractivity contribution is 5.76. The molecule has 0 unspecified atom stereocenters. The van der Waals surface area contributed by atoms with Crippen LogP contribution in [0, 0.1) is 0 Å². The molecule has 1 saturated heterocycles. The van der Waals surface area contributed by atoms with E-state index in [9.17, 15) is 0 Å². The van der Waals surface area contributed by atoms with Crippen LogP contribution < -0.4 is 0 Å². The molecule has 1 aliphatic heterocycles. The Morgan fingerprint density at radius 2 is 1.17 bits per heavy atom. The molecule has 212 valence electrons. The van der Waals surface area contributed by atoms with Crippen LogP contribution in [0.15, 0.2) is 109 Å². The van der Waals surface area contributed by atoms with Crippen LogP contribution >= 0.6 is 0 Å². The van der Waals surface area contributed by atoms with Crippen molar-refractivity contribution in [2.24, 2.45) is 0 Å². The van der Waals surface area contributed by atoms with Crippen LogP contribution in [0.2, 0.25) is 0 Å². The minimum absolute atomic E-state index is 0.493. The predicted molar refractivity (Wildman–Crippen MR) is 170 cm³/mol. The van der Waals surface area contributed by atoms with Gasteiger partial charge in [-0.15, -0.1) is 0 Å². The third-order valence-electron chi connectivity index (χ3n) is 8.61. The summed E-state index contributed by atoms with van der Waals surface area (Å²) < 4.78 is 4.80. The number of hydrogen-bond donors (Lipinski definition) is 0. The van der Waals surface area contributed by atoms with E-state index in [0.29, 0.717) is 6.04 Å². The van der Waals surface area contributed by atoms with Crippen molar-refractivity contribution in [2.45, 2.75) is 45.1 Å². The summed E-state index contributed by atoms with van der Waals surface area (Å²) in [4.78, 5) is 15.3. The van der Waals surface area contributed by atoms with E-state index in [2.05, 4.69) is 135 Å². The molecule has 0 spiro atoms. The zero-order chi connectivity index (χ0) is 28.3. The van der Waals surface area contributed by atoms with Crippen LogP contribution in [0.3, 0.4) is 0 Å². The van der Waals surface area contributed by atoms with Gasteiger partial charge in [0.15, 0.2) is 0 Å². The lowest BCUT2D eigenvalue weighted by Gasteiger charge is -2.28. The molecule has 6 nitrogen and oxygen atoms in total. The second-order valence-corrected chi connectivity index (χ2v) is 11.6. The first kappa shape index (κ1) is 26.6. The summed E-state index contributed by atoms with van der Waals surface area (Å²) >= 11 is 0. The number of benzene rings is 4. The van der Waals surface area contributed by atoms with Crippen molar-refractivity contribution in [1.82, 2.24) is 28.9 Å². The Kier molecular flexibility index (Phi) is 7.56. The quantitative estimate of drug-likeness (QED) is 0.192. The van der Waals surface area contributed by atoms with Gasteiger partial charge in [0.05, 0.1) is 35.2 Å². The summed E-state index contributed by atoms with van der Waals surface area (Å²) in [5, 5.41) is 0. The Hall–Kier alpha value is -4.26. The van der Waals surface area contributed by atoms with Crippen molar-refractivity contribution in [3.8, 4) is 0 Å². The minimum atomic E-state index is 0.493. The smallest absolute Gasteiger partial charge is 0.124 e. The Bertz CT molecular complexity index is 1770. The van der Waals surface area contributed by atoms with E-state index >= 15 is 0 Å². The molecule has 1 fully saturated rings. The van der Waals surface area contributed by atoms with E-state index in [1.54, 1.807) is 0 Å². The molecule has 0 N–H and O–H groups in total. The number of aromatic nitrogens is 4. The molecule has 4 aromatic carbocycles. The molecule has 2 aromatic heterocycles. The molecule has 6 heteroatoms. The second-order valence-electron chi connectivity index (χ2n) is 11.6. The summed E-state index contributed by atoms with van der Waals surface area (Å²) in [7, 11) is 2.24. The third-order valence-corrected chi connectivity index (χ3v) is 8.61. The number of likely N-dealkylation sites (tertiary alicyclic amines) is 1. The number of rotatable bonds is 10. The van der Waals surface area contributed by atoms with E-state index in [1.807, 2.05) is 0 Å². The first-order valence-electron chi connectivity index (χ1n) is 15.1. The van der Waals surface area contributed by atoms with Crippen molar-refractivity contribution < 1.29 is 0 Å². The molecule has 42 heavy (non-hydrogen) atoms. The van der Waals surface area contributed by atoms with Gasteiger partial charge in [0.1, 0.15) is 11.6 Å². The molecule has 0 aliphatic carbocycles. The summed E-state index contributed by atoms with van der Waals surface area (Å²) in [6.07, 6.45) is 2.44. The zero-order valence-electron chi connectivity index (χ0n) is 24.3. The maximum Gasteiger partial charge on any atom is 0.124 e. The fourth-order valence-corrected chi connectivity index (χ4v) is 6.53. The Morgan fingerprint density at radius 3 is 1.79 bits per heavy atom. The predicted octanol–water partition coefficient (Wildman–Crippen LogP) is 6.58. The van der Waals surface area contributed by atoms with E-state index < -0.39 is 0 Å². The molecule has 0 amide bonds. The maximum atomic E-state index is 5.12. The molecule has 7 rings (SSSR count). The van der Waals surface area contributed by atoms with Gasteiger partial charge in [-0.3, -0.25) is 9.80 Å². The summed E-state index contributed by atoms with van der Waals surface area (Å²) in [5.41, 5.74) is 7.15. The van der Waals surface area contributed by atoms with Crippen LogP contribution in [-0.4, -0.2) is 55.1 Å². The van der Waals surface area contributed by atoms with Crippen LogP contribution in [0.4, 0.5) is 0 Å². The van der Waals surface area contributed by atoms with E-state index in [0.717, 1.165) is 62.0 Å². The molecule has 0 saturated carbocycles. The number of fused-ring (bicyclic) bond motifs is 2. The lowest BCUT2D eigenvalue weighted by atomic mass is 10.2. The molecule has 1 aliphatic rings. The summed E-state index contributed by atoms with van der Waals surface area (Å²) in [6.45, 7) is 5.47. The van der Waals surface area contributed by atoms with Crippen molar-refractivity contribution in [2.75, 3.05) is 20.1 Å². The molecular weight excluding hydrogens is 516 g/mol. The topological polar surface area (TPSA) is 42.1 Å². The Morgan fingerprint density at radius 1 is 0.643 bits per heavy atom. The van der Waals surface area contributed by atoms with Gasteiger partial charge >= 0.3 is 0 Å². The molecule has 3 heterocycles. The molecule has 0 radical (unpaired) electrons. The highest BCUT2D eigenvalue weighted by atomic mass is 15.3. The Balaban J connectivity index is 1.09. The van der Waals surface area contributed by atoms with Crippen LogP contribution in [-0.2, 0) is 26.2 Å². The SMILES string of the molecule is CN(Cc1nc2ccccc2n1Cc1ccccc1)C[C@@H]1CCCN1Cc1nc2ccccc2n1Cc1ccccc1. The van der Waals surface area contributed by atoms with Gasteiger partial charge in [-0.1, -0.05) is 84.9 Å². The summed E-state index contributed by atoms with van der Waals surface area (Å²) in [6, 6.07) is 39.0.